The highest BCUT2D eigenvalue weighted by molar-refractivity contribution is 6.09. The third-order valence-corrected chi connectivity index (χ3v) is 6.70. The Balaban J connectivity index is 1.58. The molecule has 2 aromatic heterocycles. The number of hydrogen-bond acceptors (Lipinski definition) is 7. The van der Waals surface area contributed by atoms with E-state index in [4.69, 9.17) is 15.2 Å². The molecule has 4 aromatic rings. The number of benzene rings is 2. The highest BCUT2D eigenvalue weighted by atomic mass is 19.1. The largest absolute Gasteiger partial charge is 0.496 e. The van der Waals surface area contributed by atoms with Gasteiger partial charge in [0.05, 0.1) is 25.8 Å². The predicted molar refractivity (Wildman–Crippen MR) is 141 cm³/mol. The van der Waals surface area contributed by atoms with Gasteiger partial charge in [-0.3, -0.25) is 0 Å². The van der Waals surface area contributed by atoms with Crippen molar-refractivity contribution in [2.45, 2.75) is 45.3 Å². The van der Waals surface area contributed by atoms with E-state index in [0.717, 1.165) is 73.5 Å². The van der Waals surface area contributed by atoms with Crippen molar-refractivity contribution in [3.8, 4) is 5.75 Å². The molecule has 5 rings (SSSR count). The van der Waals surface area contributed by atoms with E-state index in [1.165, 1.54) is 12.1 Å². The minimum absolute atomic E-state index is 0.159. The summed E-state index contributed by atoms with van der Waals surface area (Å²) in [5.74, 6) is 1.28. The number of unbranched alkanes of at least 4 members (excludes halogenated alkanes) is 1. The van der Waals surface area contributed by atoms with Crippen LogP contribution in [0.15, 0.2) is 36.4 Å². The molecule has 3 heterocycles. The third-order valence-electron chi connectivity index (χ3n) is 6.70. The van der Waals surface area contributed by atoms with Crippen LogP contribution in [0.25, 0.3) is 21.9 Å². The van der Waals surface area contributed by atoms with Crippen LogP contribution in [0.5, 0.6) is 5.75 Å². The van der Waals surface area contributed by atoms with Gasteiger partial charge in [0.15, 0.2) is 5.82 Å². The first kappa shape index (κ1) is 24.3. The van der Waals surface area contributed by atoms with Gasteiger partial charge >= 0.3 is 0 Å². The van der Waals surface area contributed by atoms with Crippen LogP contribution in [0, 0.1) is 5.82 Å². The molecule has 1 atom stereocenters. The zero-order chi connectivity index (χ0) is 25.1. The fourth-order valence-electron chi connectivity index (χ4n) is 4.83. The normalized spacial score (nSPS) is 15.7. The van der Waals surface area contributed by atoms with Crippen molar-refractivity contribution in [2.75, 3.05) is 37.9 Å². The van der Waals surface area contributed by atoms with Crippen molar-refractivity contribution in [3.05, 3.63) is 53.3 Å². The standard InChI is InChI=1S/C27H33FN6O2/c1-3-4-10-30-26-25-24(32-27(29)33-26)21-13-19(28)6-7-22(21)34(25)15-18-12-17(5-8-23(18)35-2)14-31-20-9-11-36-16-20/h5-8,12-13,20,31H,3-4,9-11,14-16H2,1-2H3,(H3,29,30,32,33)/t20-/m0/s1. The van der Waals surface area contributed by atoms with Crippen molar-refractivity contribution in [3.63, 3.8) is 0 Å². The molecule has 8 nitrogen and oxygen atoms in total. The summed E-state index contributed by atoms with van der Waals surface area (Å²) in [6.45, 7) is 5.70. The molecule has 190 valence electrons. The number of hydrogen-bond donors (Lipinski definition) is 3. The number of nitrogens with one attached hydrogen (secondary N) is 2. The van der Waals surface area contributed by atoms with Gasteiger partial charge in [0.25, 0.3) is 0 Å². The Morgan fingerprint density at radius 3 is 2.89 bits per heavy atom. The second-order valence-electron chi connectivity index (χ2n) is 9.24. The monoisotopic (exact) mass is 492 g/mol. The SMILES string of the molecule is CCCCNc1nc(N)nc2c3cc(F)ccc3n(Cc3cc(CN[C@H]4CCOC4)ccc3OC)c12. The smallest absolute Gasteiger partial charge is 0.222 e. The van der Waals surface area contributed by atoms with Crippen molar-refractivity contribution in [2.24, 2.45) is 0 Å². The molecule has 0 saturated carbocycles. The van der Waals surface area contributed by atoms with Gasteiger partial charge in [-0.1, -0.05) is 19.4 Å². The van der Waals surface area contributed by atoms with E-state index in [0.29, 0.717) is 29.3 Å². The zero-order valence-electron chi connectivity index (χ0n) is 20.8. The minimum atomic E-state index is -0.319. The maximum Gasteiger partial charge on any atom is 0.222 e. The lowest BCUT2D eigenvalue weighted by molar-refractivity contribution is 0.190. The van der Waals surface area contributed by atoms with Gasteiger partial charge in [0, 0.05) is 36.7 Å². The molecule has 1 saturated heterocycles. The molecule has 1 aliphatic heterocycles. The van der Waals surface area contributed by atoms with E-state index >= 15 is 0 Å². The van der Waals surface area contributed by atoms with Crippen LogP contribution in [0.3, 0.4) is 0 Å². The molecule has 1 fully saturated rings. The Bertz CT molecular complexity index is 1370. The summed E-state index contributed by atoms with van der Waals surface area (Å²) < 4.78 is 27.6. The highest BCUT2D eigenvalue weighted by Gasteiger charge is 2.20. The van der Waals surface area contributed by atoms with Crippen LogP contribution in [-0.2, 0) is 17.8 Å². The lowest BCUT2D eigenvalue weighted by Crippen LogP contribution is -2.28. The molecule has 1 aliphatic rings. The maximum absolute atomic E-state index is 14.3. The van der Waals surface area contributed by atoms with Crippen molar-refractivity contribution in [1.82, 2.24) is 19.9 Å². The van der Waals surface area contributed by atoms with Gasteiger partial charge in [0.2, 0.25) is 5.95 Å². The molecule has 9 heteroatoms. The van der Waals surface area contributed by atoms with Crippen LogP contribution >= 0.6 is 0 Å². The van der Waals surface area contributed by atoms with Crippen LogP contribution in [-0.4, -0.2) is 47.4 Å². The van der Waals surface area contributed by atoms with E-state index in [9.17, 15) is 4.39 Å². The van der Waals surface area contributed by atoms with Crippen LogP contribution in [0.4, 0.5) is 16.2 Å². The molecule has 4 N–H and O–H groups in total. The molecular formula is C27H33FN6O2. The van der Waals surface area contributed by atoms with Crippen molar-refractivity contribution >= 4 is 33.7 Å². The number of anilines is 2. The Morgan fingerprint density at radius 1 is 1.22 bits per heavy atom. The zero-order valence-corrected chi connectivity index (χ0v) is 20.8. The van der Waals surface area contributed by atoms with Gasteiger partial charge in [-0.25, -0.2) is 9.37 Å². The number of nitrogens with two attached hydrogens (primary N) is 1. The summed E-state index contributed by atoms with van der Waals surface area (Å²) in [6.07, 6.45) is 3.07. The van der Waals surface area contributed by atoms with Crippen molar-refractivity contribution < 1.29 is 13.9 Å². The molecule has 0 radical (unpaired) electrons. The van der Waals surface area contributed by atoms with E-state index in [2.05, 4.69) is 44.2 Å². The molecule has 0 bridgehead atoms. The van der Waals surface area contributed by atoms with Crippen LogP contribution in [0.1, 0.15) is 37.3 Å². The first-order valence-corrected chi connectivity index (χ1v) is 12.5. The second-order valence-corrected chi connectivity index (χ2v) is 9.24. The predicted octanol–water partition coefficient (Wildman–Crippen LogP) is 4.45. The fourth-order valence-corrected chi connectivity index (χ4v) is 4.83. The number of aromatic nitrogens is 3. The van der Waals surface area contributed by atoms with Gasteiger partial charge in [0.1, 0.15) is 22.6 Å². The molecule has 0 aliphatic carbocycles. The van der Waals surface area contributed by atoms with Gasteiger partial charge < -0.3 is 30.4 Å². The summed E-state index contributed by atoms with van der Waals surface area (Å²) in [5.41, 5.74) is 10.5. The van der Waals surface area contributed by atoms with E-state index in [-0.39, 0.29) is 11.8 Å². The molecule has 2 aromatic carbocycles. The molecule has 0 amide bonds. The molecular weight excluding hydrogens is 459 g/mol. The quantitative estimate of drug-likeness (QED) is 0.281. The number of ether oxygens (including phenoxy) is 2. The fraction of sp³-hybridized carbons (Fsp3) is 0.407. The first-order chi connectivity index (χ1) is 17.6. The number of nitrogen functional groups attached to an aromatic ring is 1. The maximum atomic E-state index is 14.3. The second kappa shape index (κ2) is 10.7. The van der Waals surface area contributed by atoms with Crippen molar-refractivity contribution in [1.29, 1.82) is 0 Å². The number of halogens is 1. The Labute approximate surface area is 210 Å². The van der Waals surface area contributed by atoms with Gasteiger partial charge in [-0.2, -0.15) is 4.98 Å². The number of fused-ring (bicyclic) bond motifs is 3. The Hall–Kier alpha value is -3.43. The molecule has 36 heavy (non-hydrogen) atoms. The average molecular weight is 493 g/mol. The van der Waals surface area contributed by atoms with Gasteiger partial charge in [-0.15, -0.1) is 0 Å². The van der Waals surface area contributed by atoms with E-state index in [1.807, 2.05) is 6.07 Å². The summed E-state index contributed by atoms with van der Waals surface area (Å²) in [6, 6.07) is 11.4. The number of methoxy groups -OCH3 is 1. The Morgan fingerprint density at radius 2 is 2.11 bits per heavy atom. The van der Waals surface area contributed by atoms with Crippen LogP contribution < -0.4 is 21.1 Å². The molecule has 0 spiro atoms. The lowest BCUT2D eigenvalue weighted by Gasteiger charge is -2.16. The topological polar surface area (TPSA) is 99.2 Å². The third kappa shape index (κ3) is 4.94. The molecule has 0 unspecified atom stereocenters. The van der Waals surface area contributed by atoms with Gasteiger partial charge in [-0.05, 0) is 48.7 Å². The summed E-state index contributed by atoms with van der Waals surface area (Å²) in [5, 5.41) is 7.70. The minimum Gasteiger partial charge on any atom is -0.496 e. The van der Waals surface area contributed by atoms with E-state index < -0.39 is 0 Å². The first-order valence-electron chi connectivity index (χ1n) is 12.5. The number of nitrogens with zero attached hydrogens (tertiary/aromatic N) is 3. The van der Waals surface area contributed by atoms with Crippen LogP contribution in [0.2, 0.25) is 0 Å². The van der Waals surface area contributed by atoms with E-state index in [1.54, 1.807) is 13.2 Å². The summed E-state index contributed by atoms with van der Waals surface area (Å²) in [7, 11) is 1.68. The average Bonchev–Trinajstić information content (AvgIpc) is 3.50. The Kier molecular flexibility index (Phi) is 7.20. The number of rotatable bonds is 10. The lowest BCUT2D eigenvalue weighted by atomic mass is 10.1. The highest BCUT2D eigenvalue weighted by Crippen LogP contribution is 2.34. The summed E-state index contributed by atoms with van der Waals surface area (Å²) in [4.78, 5) is 9.03. The summed E-state index contributed by atoms with van der Waals surface area (Å²) >= 11 is 0.